The van der Waals surface area contributed by atoms with Crippen molar-refractivity contribution in [1.29, 1.82) is 0 Å². The molecule has 2 N–H and O–H groups in total. The van der Waals surface area contributed by atoms with E-state index in [4.69, 9.17) is 5.11 Å². The third kappa shape index (κ3) is 2.09. The number of rotatable bonds is 2. The zero-order chi connectivity index (χ0) is 10.8. The predicted molar refractivity (Wildman–Crippen MR) is 52.7 cm³/mol. The van der Waals surface area contributed by atoms with Crippen molar-refractivity contribution in [3.63, 3.8) is 0 Å². The number of benzene rings is 1. The van der Waals surface area contributed by atoms with Crippen LogP contribution in [0.4, 0.5) is 8.78 Å². The molecule has 4 heteroatoms. The highest BCUT2D eigenvalue weighted by atomic mass is 19.1. The van der Waals surface area contributed by atoms with E-state index in [-0.39, 0.29) is 11.5 Å². The summed E-state index contributed by atoms with van der Waals surface area (Å²) in [6.45, 7) is 1.68. The Morgan fingerprint density at radius 1 is 1.40 bits per heavy atom. The molecule has 0 amide bonds. The van der Waals surface area contributed by atoms with Crippen molar-refractivity contribution in [3.8, 4) is 5.75 Å². The lowest BCUT2D eigenvalue weighted by Gasteiger charge is -2.10. The number of nitrogens with one attached hydrogen (secondary N) is 1. The van der Waals surface area contributed by atoms with Crippen LogP contribution in [0.25, 0.3) is 0 Å². The van der Waals surface area contributed by atoms with Gasteiger partial charge in [-0.3, -0.25) is 0 Å². The van der Waals surface area contributed by atoms with E-state index in [0.29, 0.717) is 6.42 Å². The van der Waals surface area contributed by atoms with Crippen LogP contribution in [0.2, 0.25) is 0 Å². The average molecular weight is 213 g/mol. The van der Waals surface area contributed by atoms with Gasteiger partial charge in [0.25, 0.3) is 0 Å². The van der Waals surface area contributed by atoms with Crippen molar-refractivity contribution in [2.45, 2.75) is 12.8 Å². The second-order valence-corrected chi connectivity index (χ2v) is 3.92. The zero-order valence-electron chi connectivity index (χ0n) is 8.26. The lowest BCUT2D eigenvalue weighted by Crippen LogP contribution is -2.12. The molecular weight excluding hydrogens is 200 g/mol. The lowest BCUT2D eigenvalue weighted by molar-refractivity contribution is 0.416. The molecule has 1 heterocycles. The Labute approximate surface area is 86.9 Å². The van der Waals surface area contributed by atoms with E-state index in [0.717, 1.165) is 31.6 Å². The summed E-state index contributed by atoms with van der Waals surface area (Å²) in [6, 6.07) is 2.15. The summed E-state index contributed by atoms with van der Waals surface area (Å²) in [5.74, 6) is -1.60. The standard InChI is InChI=1S/C11H13F2NO/c12-9-1-2-10(15)11(13)8(9)5-7-3-4-14-6-7/h1-2,7,14-15H,3-6H2. The maximum Gasteiger partial charge on any atom is 0.170 e. The van der Waals surface area contributed by atoms with Crippen LogP contribution in [0.3, 0.4) is 0 Å². The third-order valence-electron chi connectivity index (χ3n) is 2.82. The summed E-state index contributed by atoms with van der Waals surface area (Å²) in [5, 5.41) is 12.3. The summed E-state index contributed by atoms with van der Waals surface area (Å²) < 4.78 is 26.7. The van der Waals surface area contributed by atoms with Gasteiger partial charge < -0.3 is 10.4 Å². The van der Waals surface area contributed by atoms with E-state index in [1.807, 2.05) is 0 Å². The minimum absolute atomic E-state index is 0.00343. The monoisotopic (exact) mass is 213 g/mol. The molecule has 0 aromatic heterocycles. The van der Waals surface area contributed by atoms with Gasteiger partial charge in [0.05, 0.1) is 0 Å². The quantitative estimate of drug-likeness (QED) is 0.785. The third-order valence-corrected chi connectivity index (χ3v) is 2.82. The largest absolute Gasteiger partial charge is 0.505 e. The molecule has 82 valence electrons. The molecule has 1 aromatic carbocycles. The van der Waals surface area contributed by atoms with Gasteiger partial charge in [0.15, 0.2) is 11.6 Å². The number of aromatic hydroxyl groups is 1. The van der Waals surface area contributed by atoms with E-state index >= 15 is 0 Å². The Balaban J connectivity index is 2.22. The molecule has 0 radical (unpaired) electrons. The molecule has 2 rings (SSSR count). The lowest BCUT2D eigenvalue weighted by atomic mass is 9.97. The second-order valence-electron chi connectivity index (χ2n) is 3.92. The fourth-order valence-corrected chi connectivity index (χ4v) is 1.95. The van der Waals surface area contributed by atoms with Crippen LogP contribution in [0, 0.1) is 17.6 Å². The normalized spacial score (nSPS) is 20.8. The summed E-state index contributed by atoms with van der Waals surface area (Å²) in [5.41, 5.74) is 0.00343. The maximum absolute atomic E-state index is 13.4. The molecular formula is C11H13F2NO. The minimum Gasteiger partial charge on any atom is -0.505 e. The second kappa shape index (κ2) is 4.14. The summed E-state index contributed by atoms with van der Waals surface area (Å²) >= 11 is 0. The first-order chi connectivity index (χ1) is 7.18. The molecule has 1 aliphatic rings. The molecule has 15 heavy (non-hydrogen) atoms. The first kappa shape index (κ1) is 10.4. The topological polar surface area (TPSA) is 32.3 Å². The van der Waals surface area contributed by atoms with E-state index < -0.39 is 17.4 Å². The number of hydrogen-bond donors (Lipinski definition) is 2. The number of phenols is 1. The summed E-state index contributed by atoms with van der Waals surface area (Å²) in [4.78, 5) is 0. The fourth-order valence-electron chi connectivity index (χ4n) is 1.95. The van der Waals surface area contributed by atoms with E-state index in [2.05, 4.69) is 5.32 Å². The number of phenolic OH excluding ortho intramolecular Hbond substituents is 1. The van der Waals surface area contributed by atoms with Crippen LogP contribution in [-0.2, 0) is 6.42 Å². The van der Waals surface area contributed by atoms with Gasteiger partial charge in [-0.15, -0.1) is 0 Å². The molecule has 1 aliphatic heterocycles. The van der Waals surface area contributed by atoms with Crippen molar-refractivity contribution < 1.29 is 13.9 Å². The van der Waals surface area contributed by atoms with Crippen LogP contribution >= 0.6 is 0 Å². The highest BCUT2D eigenvalue weighted by Crippen LogP contribution is 2.25. The predicted octanol–water partition coefficient (Wildman–Crippen LogP) is 1.82. The van der Waals surface area contributed by atoms with Gasteiger partial charge in [-0.2, -0.15) is 0 Å². The molecule has 0 bridgehead atoms. The van der Waals surface area contributed by atoms with Crippen molar-refractivity contribution in [2.75, 3.05) is 13.1 Å². The minimum atomic E-state index is -0.818. The zero-order valence-corrected chi connectivity index (χ0v) is 8.26. The van der Waals surface area contributed by atoms with Gasteiger partial charge >= 0.3 is 0 Å². The van der Waals surface area contributed by atoms with Gasteiger partial charge in [-0.05, 0) is 44.0 Å². The van der Waals surface area contributed by atoms with Crippen LogP contribution in [0.15, 0.2) is 12.1 Å². The van der Waals surface area contributed by atoms with Gasteiger partial charge in [0, 0.05) is 5.56 Å². The van der Waals surface area contributed by atoms with Gasteiger partial charge in [0.2, 0.25) is 0 Å². The van der Waals surface area contributed by atoms with Crippen LogP contribution < -0.4 is 5.32 Å². The molecule has 0 aliphatic carbocycles. The molecule has 1 saturated heterocycles. The Morgan fingerprint density at radius 3 is 2.87 bits per heavy atom. The first-order valence-corrected chi connectivity index (χ1v) is 5.05. The molecule has 1 atom stereocenters. The molecule has 1 aromatic rings. The Bertz CT molecular complexity index is 362. The fraction of sp³-hybridized carbons (Fsp3) is 0.455. The molecule has 2 nitrogen and oxygen atoms in total. The van der Waals surface area contributed by atoms with Gasteiger partial charge in [-0.1, -0.05) is 0 Å². The Hall–Kier alpha value is -1.16. The summed E-state index contributed by atoms with van der Waals surface area (Å²) in [7, 11) is 0. The van der Waals surface area contributed by atoms with E-state index in [1.54, 1.807) is 0 Å². The summed E-state index contributed by atoms with van der Waals surface area (Å²) in [6.07, 6.45) is 1.27. The highest BCUT2D eigenvalue weighted by Gasteiger charge is 2.20. The number of halogens is 2. The SMILES string of the molecule is Oc1ccc(F)c(CC2CCNC2)c1F. The first-order valence-electron chi connectivity index (χ1n) is 5.05. The smallest absolute Gasteiger partial charge is 0.170 e. The Morgan fingerprint density at radius 2 is 2.20 bits per heavy atom. The molecule has 1 unspecified atom stereocenters. The van der Waals surface area contributed by atoms with Crippen molar-refractivity contribution in [1.82, 2.24) is 5.32 Å². The average Bonchev–Trinajstić information content (AvgIpc) is 2.71. The van der Waals surface area contributed by atoms with Gasteiger partial charge in [0.1, 0.15) is 5.82 Å². The van der Waals surface area contributed by atoms with Gasteiger partial charge in [-0.25, -0.2) is 8.78 Å². The molecule has 0 saturated carbocycles. The Kier molecular flexibility index (Phi) is 2.86. The van der Waals surface area contributed by atoms with E-state index in [1.165, 1.54) is 0 Å². The van der Waals surface area contributed by atoms with Crippen molar-refractivity contribution in [3.05, 3.63) is 29.3 Å². The van der Waals surface area contributed by atoms with Crippen molar-refractivity contribution >= 4 is 0 Å². The maximum atomic E-state index is 13.4. The van der Waals surface area contributed by atoms with Crippen LogP contribution in [0.1, 0.15) is 12.0 Å². The molecule has 1 fully saturated rings. The van der Waals surface area contributed by atoms with E-state index in [9.17, 15) is 8.78 Å². The molecule has 0 spiro atoms. The highest BCUT2D eigenvalue weighted by molar-refractivity contribution is 5.31. The van der Waals surface area contributed by atoms with Crippen LogP contribution in [0.5, 0.6) is 5.75 Å². The number of hydrogen-bond acceptors (Lipinski definition) is 2. The van der Waals surface area contributed by atoms with Crippen LogP contribution in [-0.4, -0.2) is 18.2 Å². The van der Waals surface area contributed by atoms with Crippen molar-refractivity contribution in [2.24, 2.45) is 5.92 Å².